The Morgan fingerprint density at radius 1 is 1.14 bits per heavy atom. The van der Waals surface area contributed by atoms with E-state index in [2.05, 4.69) is 49.9 Å². The molecule has 1 aromatic carbocycles. The summed E-state index contributed by atoms with van der Waals surface area (Å²) in [6, 6.07) is 12.7. The topological polar surface area (TPSA) is 102 Å². The molecule has 9 nitrogen and oxygen atoms in total. The SMILES string of the molecule is O=C(C=Cc1cnc(N[C@@H]2CCN(Cc3ccc4ccccc4n3)C2)cn1)NOC1CCCCO1. The fourth-order valence-electron chi connectivity index (χ4n) is 4.35. The first-order valence-corrected chi connectivity index (χ1v) is 12.1. The quantitative estimate of drug-likeness (QED) is 0.379. The second-order valence-electron chi connectivity index (χ2n) is 8.90. The summed E-state index contributed by atoms with van der Waals surface area (Å²) >= 11 is 0. The van der Waals surface area contributed by atoms with Crippen molar-refractivity contribution in [3.05, 3.63) is 66.3 Å². The lowest BCUT2D eigenvalue weighted by atomic mass is 10.2. The third-order valence-electron chi connectivity index (χ3n) is 6.17. The van der Waals surface area contributed by atoms with Crippen molar-refractivity contribution in [1.29, 1.82) is 0 Å². The van der Waals surface area contributed by atoms with Gasteiger partial charge in [-0.2, -0.15) is 0 Å². The number of anilines is 1. The van der Waals surface area contributed by atoms with Gasteiger partial charge in [-0.15, -0.1) is 0 Å². The summed E-state index contributed by atoms with van der Waals surface area (Å²) in [6.45, 7) is 3.41. The molecule has 2 fully saturated rings. The van der Waals surface area contributed by atoms with E-state index < -0.39 is 0 Å². The van der Waals surface area contributed by atoms with Gasteiger partial charge in [0.15, 0.2) is 6.29 Å². The molecule has 2 atom stereocenters. The van der Waals surface area contributed by atoms with Gasteiger partial charge < -0.3 is 10.1 Å². The highest BCUT2D eigenvalue weighted by Gasteiger charge is 2.23. The van der Waals surface area contributed by atoms with Gasteiger partial charge >= 0.3 is 0 Å². The molecule has 1 unspecified atom stereocenters. The highest BCUT2D eigenvalue weighted by Crippen LogP contribution is 2.18. The fourth-order valence-corrected chi connectivity index (χ4v) is 4.35. The Balaban J connectivity index is 1.07. The van der Waals surface area contributed by atoms with Crippen molar-refractivity contribution in [3.63, 3.8) is 0 Å². The van der Waals surface area contributed by atoms with Gasteiger partial charge in [0.25, 0.3) is 5.91 Å². The summed E-state index contributed by atoms with van der Waals surface area (Å²) in [5, 5.41) is 4.63. The van der Waals surface area contributed by atoms with E-state index >= 15 is 0 Å². The molecular weight excluding hydrogens is 444 g/mol. The molecule has 1 amide bonds. The van der Waals surface area contributed by atoms with Crippen LogP contribution in [-0.2, 0) is 20.9 Å². The van der Waals surface area contributed by atoms with E-state index in [9.17, 15) is 4.79 Å². The van der Waals surface area contributed by atoms with Crippen LogP contribution < -0.4 is 10.8 Å². The van der Waals surface area contributed by atoms with Crippen LogP contribution in [0.5, 0.6) is 0 Å². The van der Waals surface area contributed by atoms with Gasteiger partial charge in [0, 0.05) is 50.2 Å². The number of hydrogen-bond donors (Lipinski definition) is 2. The van der Waals surface area contributed by atoms with Gasteiger partial charge in [-0.1, -0.05) is 24.3 Å². The Morgan fingerprint density at radius 3 is 2.94 bits per heavy atom. The number of para-hydroxylation sites is 1. The molecule has 2 aromatic heterocycles. The Bertz CT molecular complexity index is 1160. The van der Waals surface area contributed by atoms with E-state index in [4.69, 9.17) is 14.6 Å². The molecule has 3 aromatic rings. The third kappa shape index (κ3) is 6.60. The lowest BCUT2D eigenvalue weighted by Crippen LogP contribution is -2.32. The van der Waals surface area contributed by atoms with Crippen molar-refractivity contribution in [2.75, 3.05) is 25.0 Å². The van der Waals surface area contributed by atoms with Crippen LogP contribution in [0.1, 0.15) is 37.1 Å². The van der Waals surface area contributed by atoms with Crippen molar-refractivity contribution in [2.45, 2.75) is 44.6 Å². The molecule has 9 heteroatoms. The van der Waals surface area contributed by atoms with Crippen molar-refractivity contribution in [3.8, 4) is 0 Å². The fraction of sp³-hybridized carbons (Fsp3) is 0.385. The van der Waals surface area contributed by atoms with Crippen molar-refractivity contribution in [2.24, 2.45) is 0 Å². The van der Waals surface area contributed by atoms with E-state index in [-0.39, 0.29) is 12.2 Å². The summed E-state index contributed by atoms with van der Waals surface area (Å²) in [4.78, 5) is 33.2. The zero-order valence-corrected chi connectivity index (χ0v) is 19.6. The number of amides is 1. The summed E-state index contributed by atoms with van der Waals surface area (Å²) in [6.07, 6.45) is 9.80. The molecule has 5 rings (SSSR count). The van der Waals surface area contributed by atoms with Crippen LogP contribution in [0.2, 0.25) is 0 Å². The van der Waals surface area contributed by atoms with Crippen LogP contribution in [0.4, 0.5) is 5.82 Å². The average Bonchev–Trinajstić information content (AvgIpc) is 3.34. The normalized spacial score (nSPS) is 20.9. The number of nitrogens with one attached hydrogen (secondary N) is 2. The number of carbonyl (C=O) groups excluding carboxylic acids is 1. The number of ether oxygens (including phenoxy) is 1. The van der Waals surface area contributed by atoms with E-state index in [0.717, 1.165) is 67.7 Å². The summed E-state index contributed by atoms with van der Waals surface area (Å²) < 4.78 is 5.41. The number of hydrogen-bond acceptors (Lipinski definition) is 8. The number of carbonyl (C=O) groups is 1. The van der Waals surface area contributed by atoms with Gasteiger partial charge in [-0.05, 0) is 37.5 Å². The first-order valence-electron chi connectivity index (χ1n) is 12.1. The second-order valence-corrected chi connectivity index (χ2v) is 8.90. The number of fused-ring (bicyclic) bond motifs is 1. The van der Waals surface area contributed by atoms with Crippen LogP contribution in [-0.4, -0.2) is 57.8 Å². The minimum atomic E-state index is -0.374. The minimum absolute atomic E-state index is 0.302. The van der Waals surface area contributed by atoms with Crippen molar-refractivity contribution in [1.82, 2.24) is 25.3 Å². The standard InChI is InChI=1S/C26H30N6O3/c33-25(31-35-26-7-3-4-14-34-26)11-10-20-15-28-24(16-27-20)30-22-12-13-32(18-22)17-21-9-8-19-5-1-2-6-23(19)29-21/h1-2,5-6,8-11,15-16,22,26H,3-4,7,12-14,17-18H2,(H,28,30)(H,31,33)/t22-,26?/m1/s1. The molecule has 2 aliphatic heterocycles. The van der Waals surface area contributed by atoms with Gasteiger partial charge in [-0.25, -0.2) is 15.3 Å². The maximum atomic E-state index is 11.9. The number of likely N-dealkylation sites (tertiary alicyclic amines) is 1. The Hall–Kier alpha value is -3.40. The van der Waals surface area contributed by atoms with Crippen molar-refractivity contribution >= 4 is 28.7 Å². The monoisotopic (exact) mass is 474 g/mol. The van der Waals surface area contributed by atoms with Crippen LogP contribution in [0, 0.1) is 0 Å². The molecule has 2 N–H and O–H groups in total. The first-order chi connectivity index (χ1) is 17.2. The number of pyridine rings is 1. The Labute approximate surface area is 204 Å². The smallest absolute Gasteiger partial charge is 0.267 e. The van der Waals surface area contributed by atoms with E-state index in [1.54, 1.807) is 18.5 Å². The van der Waals surface area contributed by atoms with Gasteiger partial charge in [0.1, 0.15) is 5.82 Å². The van der Waals surface area contributed by atoms with Crippen LogP contribution in [0.3, 0.4) is 0 Å². The first kappa shape index (κ1) is 23.3. The molecule has 182 valence electrons. The molecule has 0 bridgehead atoms. The molecule has 4 heterocycles. The average molecular weight is 475 g/mol. The van der Waals surface area contributed by atoms with Crippen LogP contribution in [0.25, 0.3) is 17.0 Å². The number of aromatic nitrogens is 3. The van der Waals surface area contributed by atoms with Gasteiger partial charge in [-0.3, -0.25) is 19.7 Å². The van der Waals surface area contributed by atoms with E-state index in [1.165, 1.54) is 6.08 Å². The summed E-state index contributed by atoms with van der Waals surface area (Å²) in [5.41, 5.74) is 5.10. The molecule has 0 saturated carbocycles. The lowest BCUT2D eigenvalue weighted by Gasteiger charge is -2.21. The Morgan fingerprint density at radius 2 is 2.09 bits per heavy atom. The van der Waals surface area contributed by atoms with Gasteiger partial charge in [0.2, 0.25) is 0 Å². The maximum Gasteiger partial charge on any atom is 0.267 e. The van der Waals surface area contributed by atoms with Crippen LogP contribution in [0.15, 0.2) is 54.9 Å². The lowest BCUT2D eigenvalue weighted by molar-refractivity contribution is -0.198. The van der Waals surface area contributed by atoms with Crippen molar-refractivity contribution < 1.29 is 14.4 Å². The molecule has 2 saturated heterocycles. The molecule has 0 radical (unpaired) electrons. The molecule has 2 aliphatic rings. The van der Waals surface area contributed by atoms with E-state index in [0.29, 0.717) is 18.3 Å². The van der Waals surface area contributed by atoms with Crippen LogP contribution >= 0.6 is 0 Å². The zero-order valence-electron chi connectivity index (χ0n) is 19.6. The molecular formula is C26H30N6O3. The number of rotatable bonds is 8. The highest BCUT2D eigenvalue weighted by atomic mass is 16.8. The van der Waals surface area contributed by atoms with E-state index in [1.807, 2.05) is 12.1 Å². The predicted octanol–water partition coefficient (Wildman–Crippen LogP) is 3.30. The Kier molecular flexibility index (Phi) is 7.57. The summed E-state index contributed by atoms with van der Waals surface area (Å²) in [5.74, 6) is 0.357. The number of nitrogens with zero attached hydrogens (tertiary/aromatic N) is 4. The zero-order chi connectivity index (χ0) is 23.9. The predicted molar refractivity (Wildman–Crippen MR) is 133 cm³/mol. The second kappa shape index (κ2) is 11.4. The number of benzene rings is 1. The molecule has 0 aliphatic carbocycles. The highest BCUT2D eigenvalue weighted by molar-refractivity contribution is 5.90. The largest absolute Gasteiger partial charge is 0.365 e. The number of hydroxylamine groups is 1. The maximum absolute atomic E-state index is 11.9. The minimum Gasteiger partial charge on any atom is -0.365 e. The molecule has 35 heavy (non-hydrogen) atoms. The third-order valence-corrected chi connectivity index (χ3v) is 6.17. The van der Waals surface area contributed by atoms with Gasteiger partial charge in [0.05, 0.1) is 29.3 Å². The molecule has 0 spiro atoms. The summed E-state index contributed by atoms with van der Waals surface area (Å²) in [7, 11) is 0.